The maximum Gasteiger partial charge on any atom is 0.314 e. The molecule has 4 aromatic rings. The van der Waals surface area contributed by atoms with Crippen LogP contribution in [0.1, 0.15) is 0 Å². The van der Waals surface area contributed by atoms with Crippen molar-refractivity contribution >= 4 is 34.8 Å². The quantitative estimate of drug-likeness (QED) is 0.399. The average Bonchev–Trinajstić information content (AvgIpc) is 3.09. The van der Waals surface area contributed by atoms with E-state index in [2.05, 4.69) is 0 Å². The maximum atomic E-state index is 6.03. The molecule has 0 saturated heterocycles. The first kappa shape index (κ1) is 17.1. The van der Waals surface area contributed by atoms with Crippen LogP contribution < -0.4 is 4.57 Å². The van der Waals surface area contributed by atoms with E-state index < -0.39 is 0 Å². The fourth-order valence-corrected chi connectivity index (χ4v) is 3.02. The Bertz CT molecular complexity index is 974. The molecule has 0 amide bonds. The highest BCUT2D eigenvalue weighted by Crippen LogP contribution is 2.20. The first-order chi connectivity index (χ1) is 12.6. The molecule has 0 radical (unpaired) electrons. The molecule has 1 aromatic heterocycles. The van der Waals surface area contributed by atoms with Crippen molar-refractivity contribution in [3.63, 3.8) is 0 Å². The lowest BCUT2D eigenvalue weighted by atomic mass is 10.2. The second kappa shape index (κ2) is 7.12. The highest BCUT2D eigenvalue weighted by atomic mass is 35.5. The monoisotopic (exact) mass is 400 g/mol. The van der Waals surface area contributed by atoms with Crippen molar-refractivity contribution in [1.29, 1.82) is 0 Å². The Morgan fingerprint density at radius 1 is 0.654 bits per heavy atom. The Morgan fingerprint density at radius 3 is 1.73 bits per heavy atom. The molecule has 0 fully saturated rings. The molecule has 0 aliphatic rings. The molecular formula is C20H13Cl3N3+. The number of hydrogen-bond acceptors (Lipinski definition) is 1. The molecular weight excluding hydrogens is 389 g/mol. The first-order valence-corrected chi connectivity index (χ1v) is 9.03. The third kappa shape index (κ3) is 3.47. The molecule has 0 bridgehead atoms. The van der Waals surface area contributed by atoms with Gasteiger partial charge >= 0.3 is 5.82 Å². The van der Waals surface area contributed by atoms with E-state index in [1.165, 1.54) is 0 Å². The normalized spacial score (nSPS) is 10.9. The van der Waals surface area contributed by atoms with Crippen LogP contribution in [-0.4, -0.2) is 9.78 Å². The number of rotatable bonds is 3. The van der Waals surface area contributed by atoms with Gasteiger partial charge in [0.25, 0.3) is 0 Å². The summed E-state index contributed by atoms with van der Waals surface area (Å²) in [6.45, 7) is 0. The van der Waals surface area contributed by atoms with Gasteiger partial charge in [-0.2, -0.15) is 4.57 Å². The minimum atomic E-state index is 0.684. The van der Waals surface area contributed by atoms with Gasteiger partial charge < -0.3 is 0 Å². The molecule has 3 nitrogen and oxygen atoms in total. The van der Waals surface area contributed by atoms with E-state index in [9.17, 15) is 0 Å². The molecule has 0 saturated carbocycles. The molecule has 128 valence electrons. The Kier molecular flexibility index (Phi) is 4.68. The zero-order valence-corrected chi connectivity index (χ0v) is 15.7. The van der Waals surface area contributed by atoms with Crippen molar-refractivity contribution in [3.05, 3.63) is 94.2 Å². The van der Waals surface area contributed by atoms with Gasteiger partial charge in [0.15, 0.2) is 0 Å². The van der Waals surface area contributed by atoms with Crippen LogP contribution in [-0.2, 0) is 0 Å². The SMILES string of the molecule is Clc1ccc(-c2nn(-c3ccc(Cl)cc3)c[n+]2-c2ccc(Cl)cc2)cc1. The van der Waals surface area contributed by atoms with Crippen LogP contribution in [0, 0.1) is 0 Å². The molecule has 0 aliphatic carbocycles. The van der Waals surface area contributed by atoms with Crippen LogP contribution in [0.2, 0.25) is 15.1 Å². The lowest BCUT2D eigenvalue weighted by molar-refractivity contribution is -0.584. The van der Waals surface area contributed by atoms with Crippen LogP contribution >= 0.6 is 34.8 Å². The highest BCUT2D eigenvalue weighted by molar-refractivity contribution is 6.31. The summed E-state index contributed by atoms with van der Waals surface area (Å²) in [5.74, 6) is 0.791. The summed E-state index contributed by atoms with van der Waals surface area (Å²) in [6.07, 6.45) is 1.93. The molecule has 0 spiro atoms. The van der Waals surface area contributed by atoms with E-state index >= 15 is 0 Å². The van der Waals surface area contributed by atoms with Crippen LogP contribution in [0.15, 0.2) is 79.1 Å². The topological polar surface area (TPSA) is 21.7 Å². The molecule has 1 heterocycles. The van der Waals surface area contributed by atoms with Gasteiger partial charge in [-0.3, -0.25) is 0 Å². The molecule has 3 aromatic carbocycles. The summed E-state index contributed by atoms with van der Waals surface area (Å²) in [7, 11) is 0. The molecule has 6 heteroatoms. The molecule has 26 heavy (non-hydrogen) atoms. The number of nitrogens with zero attached hydrogens (tertiary/aromatic N) is 3. The largest absolute Gasteiger partial charge is 0.314 e. The number of aromatic nitrogens is 3. The summed E-state index contributed by atoms with van der Waals surface area (Å²) < 4.78 is 3.82. The maximum absolute atomic E-state index is 6.03. The van der Waals surface area contributed by atoms with Crippen molar-refractivity contribution in [2.75, 3.05) is 0 Å². The predicted molar refractivity (Wildman–Crippen MR) is 106 cm³/mol. The van der Waals surface area contributed by atoms with Gasteiger partial charge in [-0.25, -0.2) is 0 Å². The van der Waals surface area contributed by atoms with Crippen LogP contribution in [0.3, 0.4) is 0 Å². The van der Waals surface area contributed by atoms with E-state index in [4.69, 9.17) is 39.9 Å². The summed E-state index contributed by atoms with van der Waals surface area (Å²) in [4.78, 5) is 0. The average molecular weight is 402 g/mol. The second-order valence-corrected chi connectivity index (χ2v) is 7.02. The molecule has 0 atom stereocenters. The van der Waals surface area contributed by atoms with E-state index in [0.717, 1.165) is 22.8 Å². The van der Waals surface area contributed by atoms with Gasteiger partial charge in [-0.05, 0) is 72.8 Å². The third-order valence-corrected chi connectivity index (χ3v) is 4.71. The summed E-state index contributed by atoms with van der Waals surface area (Å²) in [5, 5.41) is 6.83. The van der Waals surface area contributed by atoms with E-state index in [1.54, 1.807) is 0 Å². The van der Waals surface area contributed by atoms with Crippen LogP contribution in [0.5, 0.6) is 0 Å². The minimum absolute atomic E-state index is 0.684. The predicted octanol–water partition coefficient (Wildman–Crippen LogP) is 5.78. The van der Waals surface area contributed by atoms with E-state index in [1.807, 2.05) is 88.4 Å². The fraction of sp³-hybridized carbons (Fsp3) is 0. The van der Waals surface area contributed by atoms with Gasteiger partial charge in [0.1, 0.15) is 11.4 Å². The van der Waals surface area contributed by atoms with Gasteiger partial charge in [0.2, 0.25) is 6.33 Å². The first-order valence-electron chi connectivity index (χ1n) is 7.89. The summed E-state index contributed by atoms with van der Waals surface area (Å²) in [6, 6.07) is 22.7. The van der Waals surface area contributed by atoms with Crippen molar-refractivity contribution < 1.29 is 4.57 Å². The second-order valence-electron chi connectivity index (χ2n) is 5.71. The van der Waals surface area contributed by atoms with Crippen LogP contribution in [0.25, 0.3) is 22.8 Å². The smallest absolute Gasteiger partial charge is 0.196 e. The lowest BCUT2D eigenvalue weighted by Crippen LogP contribution is -2.30. The Hall–Kier alpha value is -2.33. The standard InChI is InChI=1S/C20H13Cl3N3/c21-15-3-1-14(2-4-15)20-24-26(19-11-7-17(23)8-12-19)13-25(20)18-9-5-16(22)6-10-18/h1-13H/q+1. The number of benzene rings is 3. The molecule has 0 aliphatic heterocycles. The fourth-order valence-electron chi connectivity index (χ4n) is 2.64. The molecule has 0 unspecified atom stereocenters. The zero-order chi connectivity index (χ0) is 18.1. The Labute approximate surface area is 166 Å². The summed E-state index contributed by atoms with van der Waals surface area (Å²) >= 11 is 18.1. The van der Waals surface area contributed by atoms with Crippen molar-refractivity contribution in [2.24, 2.45) is 0 Å². The molecule has 0 N–H and O–H groups in total. The minimum Gasteiger partial charge on any atom is -0.196 e. The summed E-state index contributed by atoms with van der Waals surface area (Å²) in [5.41, 5.74) is 2.83. The van der Waals surface area contributed by atoms with Gasteiger partial charge in [0.05, 0.1) is 10.7 Å². The van der Waals surface area contributed by atoms with Gasteiger partial charge in [-0.15, -0.1) is 0 Å². The molecule has 4 rings (SSSR count). The Morgan fingerprint density at radius 2 is 1.15 bits per heavy atom. The Balaban J connectivity index is 1.88. The van der Waals surface area contributed by atoms with Crippen molar-refractivity contribution in [3.8, 4) is 22.8 Å². The van der Waals surface area contributed by atoms with E-state index in [0.29, 0.717) is 15.1 Å². The third-order valence-electron chi connectivity index (χ3n) is 3.95. The highest BCUT2D eigenvalue weighted by Gasteiger charge is 2.21. The van der Waals surface area contributed by atoms with Crippen molar-refractivity contribution in [1.82, 2.24) is 9.78 Å². The lowest BCUT2D eigenvalue weighted by Gasteiger charge is -2.00. The number of halogens is 3. The van der Waals surface area contributed by atoms with Gasteiger partial charge in [-0.1, -0.05) is 39.5 Å². The van der Waals surface area contributed by atoms with E-state index in [-0.39, 0.29) is 0 Å². The van der Waals surface area contributed by atoms with Gasteiger partial charge in [0, 0.05) is 15.1 Å². The number of hydrogen-bond donors (Lipinski definition) is 0. The zero-order valence-electron chi connectivity index (χ0n) is 13.5. The van der Waals surface area contributed by atoms with Crippen molar-refractivity contribution in [2.45, 2.75) is 0 Å². The van der Waals surface area contributed by atoms with Crippen LogP contribution in [0.4, 0.5) is 0 Å².